The lowest BCUT2D eigenvalue weighted by atomic mass is 10.00. The van der Waals surface area contributed by atoms with E-state index < -0.39 is 29.6 Å². The lowest BCUT2D eigenvalue weighted by Gasteiger charge is -2.33. The molecule has 2 N–H and O–H groups in total. The van der Waals surface area contributed by atoms with Crippen molar-refractivity contribution in [1.29, 1.82) is 0 Å². The Morgan fingerprint density at radius 1 is 0.882 bits per heavy atom. The number of aliphatic carboxylic acids is 1. The Morgan fingerprint density at radius 3 is 1.91 bits per heavy atom. The van der Waals surface area contributed by atoms with Crippen molar-refractivity contribution in [2.24, 2.45) is 0 Å². The van der Waals surface area contributed by atoms with E-state index in [1.807, 2.05) is 20.8 Å². The Bertz CT molecular complexity index is 853. The predicted molar refractivity (Wildman–Crippen MR) is 125 cm³/mol. The summed E-state index contributed by atoms with van der Waals surface area (Å²) in [7, 11) is 0. The fraction of sp³-hybridized carbons (Fsp3) is 0.600. The molecule has 0 heterocycles. The summed E-state index contributed by atoms with van der Waals surface area (Å²) in [4.78, 5) is 48.8. The molecule has 9 heteroatoms. The van der Waals surface area contributed by atoms with Gasteiger partial charge in [-0.05, 0) is 50.3 Å². The minimum atomic E-state index is -2.02. The van der Waals surface area contributed by atoms with Crippen LogP contribution in [0.5, 0.6) is 11.5 Å². The standard InChI is InChI=1S/C25H37NO8/c1-6-10-21(27)32-19-14-13-18(15-20(19)33-22(28)11-7-2)16-25(24(30)31,26-17(5)9-4)34-23(29)12-8-3/h13-15,17,26H,6-12,16H2,1-5H3,(H,30,31)/t17?,25-/m0/s1. The van der Waals surface area contributed by atoms with E-state index in [9.17, 15) is 24.3 Å². The van der Waals surface area contributed by atoms with Crippen LogP contribution in [0.15, 0.2) is 18.2 Å². The smallest absolute Gasteiger partial charge is 0.364 e. The first-order valence-electron chi connectivity index (χ1n) is 11.9. The van der Waals surface area contributed by atoms with Crippen LogP contribution in [-0.4, -0.2) is 40.8 Å². The molecular formula is C25H37NO8. The highest BCUT2D eigenvalue weighted by atomic mass is 16.6. The lowest BCUT2D eigenvalue weighted by Crippen LogP contribution is -2.59. The third-order valence-corrected chi connectivity index (χ3v) is 5.00. The Morgan fingerprint density at radius 2 is 1.41 bits per heavy atom. The maximum absolute atomic E-state index is 12.4. The molecule has 2 atom stereocenters. The molecule has 9 nitrogen and oxygen atoms in total. The van der Waals surface area contributed by atoms with E-state index >= 15 is 0 Å². The number of hydrogen-bond donors (Lipinski definition) is 2. The molecule has 1 rings (SSSR count). The van der Waals surface area contributed by atoms with Gasteiger partial charge in [-0.1, -0.05) is 33.8 Å². The molecule has 0 saturated carbocycles. The summed E-state index contributed by atoms with van der Waals surface area (Å²) in [5.74, 6) is -2.91. The van der Waals surface area contributed by atoms with Gasteiger partial charge in [0, 0.05) is 31.7 Å². The zero-order chi connectivity index (χ0) is 25.7. The van der Waals surface area contributed by atoms with Crippen LogP contribution in [-0.2, 0) is 30.3 Å². The Labute approximate surface area is 201 Å². The summed E-state index contributed by atoms with van der Waals surface area (Å²) in [5.41, 5.74) is -1.61. The number of nitrogens with one attached hydrogen (secondary N) is 1. The van der Waals surface area contributed by atoms with Crippen LogP contribution in [0.4, 0.5) is 0 Å². The molecule has 190 valence electrons. The second kappa shape index (κ2) is 14.3. The van der Waals surface area contributed by atoms with Crippen molar-refractivity contribution < 1.29 is 38.5 Å². The first-order chi connectivity index (χ1) is 16.1. The highest BCUT2D eigenvalue weighted by Crippen LogP contribution is 2.31. The van der Waals surface area contributed by atoms with Crippen molar-refractivity contribution in [2.45, 2.75) is 97.8 Å². The van der Waals surface area contributed by atoms with Gasteiger partial charge >= 0.3 is 23.9 Å². The van der Waals surface area contributed by atoms with Crippen LogP contribution < -0.4 is 14.8 Å². The number of benzene rings is 1. The number of carboxylic acids is 1. The first-order valence-corrected chi connectivity index (χ1v) is 11.9. The monoisotopic (exact) mass is 479 g/mol. The third-order valence-electron chi connectivity index (χ3n) is 5.00. The number of esters is 3. The average Bonchev–Trinajstić information content (AvgIpc) is 2.75. The Hall–Kier alpha value is -2.94. The summed E-state index contributed by atoms with van der Waals surface area (Å²) in [6.07, 6.45) is 2.46. The highest BCUT2D eigenvalue weighted by molar-refractivity contribution is 5.82. The van der Waals surface area contributed by atoms with Crippen LogP contribution in [0.3, 0.4) is 0 Å². The molecule has 0 aliphatic rings. The molecule has 0 aliphatic heterocycles. The van der Waals surface area contributed by atoms with Crippen molar-refractivity contribution in [3.8, 4) is 11.5 Å². The van der Waals surface area contributed by atoms with E-state index in [0.29, 0.717) is 31.2 Å². The van der Waals surface area contributed by atoms with Crippen molar-refractivity contribution in [3.05, 3.63) is 23.8 Å². The maximum atomic E-state index is 12.4. The SMILES string of the molecule is CCCC(=O)Oc1ccc(C[C@](NC(C)CC)(OC(=O)CCC)C(=O)O)cc1OC(=O)CCC. The fourth-order valence-electron chi connectivity index (χ4n) is 3.12. The number of carbonyl (C=O) groups excluding carboxylic acids is 3. The highest BCUT2D eigenvalue weighted by Gasteiger charge is 2.44. The Kier molecular flexibility index (Phi) is 12.3. The fourth-order valence-corrected chi connectivity index (χ4v) is 3.12. The summed E-state index contributed by atoms with van der Waals surface area (Å²) in [6, 6.07) is 4.17. The van der Waals surface area contributed by atoms with Gasteiger partial charge in [0.25, 0.3) is 5.72 Å². The lowest BCUT2D eigenvalue weighted by molar-refractivity contribution is -0.184. The first kappa shape index (κ1) is 29.1. The average molecular weight is 480 g/mol. The molecule has 0 spiro atoms. The van der Waals surface area contributed by atoms with Crippen molar-refractivity contribution in [1.82, 2.24) is 5.32 Å². The zero-order valence-electron chi connectivity index (χ0n) is 20.8. The molecular weight excluding hydrogens is 442 g/mol. The summed E-state index contributed by atoms with van der Waals surface area (Å²) < 4.78 is 16.2. The molecule has 0 saturated heterocycles. The molecule has 0 bridgehead atoms. The summed E-state index contributed by atoms with van der Waals surface area (Å²) in [5, 5.41) is 13.0. The van der Waals surface area contributed by atoms with E-state index in [1.165, 1.54) is 12.1 Å². The maximum Gasteiger partial charge on any atom is 0.364 e. The predicted octanol–water partition coefficient (Wildman–Crippen LogP) is 4.15. The minimum absolute atomic E-state index is 0.00289. The molecule has 34 heavy (non-hydrogen) atoms. The van der Waals surface area contributed by atoms with Crippen molar-refractivity contribution in [2.75, 3.05) is 0 Å². The van der Waals surface area contributed by atoms with Crippen LogP contribution in [0.2, 0.25) is 0 Å². The van der Waals surface area contributed by atoms with Gasteiger partial charge in [0.05, 0.1) is 0 Å². The molecule has 1 unspecified atom stereocenters. The number of carbonyl (C=O) groups is 4. The molecule has 0 aromatic heterocycles. The van der Waals surface area contributed by atoms with Crippen molar-refractivity contribution in [3.63, 3.8) is 0 Å². The van der Waals surface area contributed by atoms with E-state index in [0.717, 1.165) is 0 Å². The molecule has 1 aromatic carbocycles. The number of ether oxygens (including phenoxy) is 3. The van der Waals surface area contributed by atoms with Gasteiger partial charge in [-0.15, -0.1) is 0 Å². The van der Waals surface area contributed by atoms with Gasteiger partial charge in [0.15, 0.2) is 11.5 Å². The molecule has 1 aromatic rings. The zero-order valence-corrected chi connectivity index (χ0v) is 20.8. The van der Waals surface area contributed by atoms with Crippen LogP contribution in [0.1, 0.15) is 85.1 Å². The number of rotatable bonds is 15. The van der Waals surface area contributed by atoms with Crippen LogP contribution in [0.25, 0.3) is 0 Å². The third kappa shape index (κ3) is 9.13. The van der Waals surface area contributed by atoms with Gasteiger partial charge in [0.1, 0.15) is 0 Å². The van der Waals surface area contributed by atoms with Crippen molar-refractivity contribution >= 4 is 23.9 Å². The van der Waals surface area contributed by atoms with Gasteiger partial charge < -0.3 is 19.3 Å². The second-order valence-corrected chi connectivity index (χ2v) is 8.22. The largest absolute Gasteiger partial charge is 0.477 e. The number of hydrogen-bond acceptors (Lipinski definition) is 8. The van der Waals surface area contributed by atoms with E-state index in [2.05, 4.69) is 5.32 Å². The summed E-state index contributed by atoms with van der Waals surface area (Å²) >= 11 is 0. The Balaban J connectivity index is 3.40. The molecule has 0 amide bonds. The molecule has 0 fully saturated rings. The van der Waals surface area contributed by atoms with E-state index in [4.69, 9.17) is 14.2 Å². The van der Waals surface area contributed by atoms with Gasteiger partial charge in [-0.25, -0.2) is 4.79 Å². The second-order valence-electron chi connectivity index (χ2n) is 8.22. The van der Waals surface area contributed by atoms with Gasteiger partial charge in [-0.2, -0.15) is 0 Å². The van der Waals surface area contributed by atoms with Crippen LogP contribution in [0, 0.1) is 0 Å². The topological polar surface area (TPSA) is 128 Å². The van der Waals surface area contributed by atoms with E-state index in [-0.39, 0.29) is 43.2 Å². The molecule has 0 radical (unpaired) electrons. The quantitative estimate of drug-likeness (QED) is 0.216. The number of carboxylic acid groups (broad SMARTS) is 1. The van der Waals surface area contributed by atoms with Gasteiger partial charge in [0.2, 0.25) is 0 Å². The van der Waals surface area contributed by atoms with Crippen LogP contribution >= 0.6 is 0 Å². The minimum Gasteiger partial charge on any atom is -0.477 e. The van der Waals surface area contributed by atoms with Gasteiger partial charge in [-0.3, -0.25) is 19.7 Å². The molecule has 0 aliphatic carbocycles. The normalized spacial score (nSPS) is 13.4. The summed E-state index contributed by atoms with van der Waals surface area (Å²) in [6.45, 7) is 9.12. The van der Waals surface area contributed by atoms with E-state index in [1.54, 1.807) is 19.9 Å².